The Labute approximate surface area is 137 Å². The van der Waals surface area contributed by atoms with E-state index in [9.17, 15) is 54.3 Å². The molecule has 0 atom stereocenters. The van der Waals surface area contributed by atoms with Crippen LogP contribution >= 0.6 is 0 Å². The van der Waals surface area contributed by atoms with Gasteiger partial charge in [-0.2, -0.15) is 35.1 Å². The summed E-state index contributed by atoms with van der Waals surface area (Å²) >= 11 is 0. The molecule has 0 aromatic carbocycles. The van der Waals surface area contributed by atoms with Crippen LogP contribution in [0.4, 0.5) is 35.1 Å². The summed E-state index contributed by atoms with van der Waals surface area (Å²) in [7, 11) is 0. The molecule has 0 N–H and O–H groups in total. The van der Waals surface area contributed by atoms with Crippen molar-refractivity contribution < 1.29 is 54.3 Å². The van der Waals surface area contributed by atoms with Crippen molar-refractivity contribution in [2.75, 3.05) is 0 Å². The summed E-state index contributed by atoms with van der Waals surface area (Å²) in [6, 6.07) is -12.8. The van der Waals surface area contributed by atoms with Gasteiger partial charge in [0, 0.05) is 24.3 Å². The Bertz CT molecular complexity index is 673. The van der Waals surface area contributed by atoms with Gasteiger partial charge in [-0.15, -0.1) is 0 Å². The first kappa shape index (κ1) is 19.5. The molecule has 0 aromatic heterocycles. The molecule has 0 saturated heterocycles. The molecule has 2 aliphatic heterocycles. The number of carbonyl (C=O) groups excluding carboxylic acids is 4. The first-order chi connectivity index (χ1) is 11.6. The van der Waals surface area contributed by atoms with E-state index < -0.39 is 57.4 Å². The molecule has 4 amide bonds. The molecule has 6 nitrogen and oxygen atoms in total. The Morgan fingerprint density at radius 3 is 0.885 bits per heavy atom. The number of hydrogen-bond donors (Lipinski definition) is 0. The highest BCUT2D eigenvalue weighted by atomic mass is 19.4. The van der Waals surface area contributed by atoms with Crippen molar-refractivity contribution >= 4 is 23.6 Å². The molecule has 142 valence electrons. The third-order valence-corrected chi connectivity index (χ3v) is 3.33. The second-order valence-corrected chi connectivity index (χ2v) is 4.92. The van der Waals surface area contributed by atoms with Crippen LogP contribution in [0.3, 0.4) is 0 Å². The van der Waals surface area contributed by atoms with E-state index in [1.807, 2.05) is 0 Å². The maximum atomic E-state index is 13.8. The first-order valence-electron chi connectivity index (χ1n) is 6.24. The number of nitrogens with zero attached hydrogens (tertiary/aromatic N) is 2. The topological polar surface area (TPSA) is 74.8 Å². The zero-order chi connectivity index (χ0) is 20.3. The SMILES string of the molecule is O=C1C=CC(=O)N1C(F)(F)C(F)(F)C(F)(F)C(F)(F)N1C(=O)C=CC1=O. The standard InChI is InChI=1S/C12H4F8N2O4/c13-9(14,11(17,18)21-5(23)1-2-6(21)24)10(15,16)12(19,20)22-7(25)3-4-8(22)26/h1-4H. The van der Waals surface area contributed by atoms with Gasteiger partial charge < -0.3 is 0 Å². The van der Waals surface area contributed by atoms with E-state index in [2.05, 4.69) is 0 Å². The normalized spacial score (nSPS) is 19.4. The van der Waals surface area contributed by atoms with E-state index in [1.165, 1.54) is 0 Å². The van der Waals surface area contributed by atoms with Gasteiger partial charge in [0.25, 0.3) is 23.6 Å². The van der Waals surface area contributed by atoms with Crippen molar-refractivity contribution in [1.29, 1.82) is 0 Å². The quantitative estimate of drug-likeness (QED) is 0.402. The molecule has 0 spiro atoms. The van der Waals surface area contributed by atoms with Gasteiger partial charge >= 0.3 is 23.9 Å². The van der Waals surface area contributed by atoms with Gasteiger partial charge in [-0.3, -0.25) is 19.2 Å². The van der Waals surface area contributed by atoms with Crippen LogP contribution in [-0.4, -0.2) is 57.4 Å². The molecule has 0 bridgehead atoms. The summed E-state index contributed by atoms with van der Waals surface area (Å²) in [6.45, 7) is 0. The number of imide groups is 2. The molecular weight excluding hydrogens is 388 g/mol. The van der Waals surface area contributed by atoms with Crippen LogP contribution in [0.1, 0.15) is 0 Å². The monoisotopic (exact) mass is 392 g/mol. The predicted molar refractivity (Wildman–Crippen MR) is 61.8 cm³/mol. The minimum atomic E-state index is -7.07. The Morgan fingerprint density at radius 1 is 0.500 bits per heavy atom. The number of rotatable bonds is 5. The Kier molecular flexibility index (Phi) is 4.01. The fourth-order valence-corrected chi connectivity index (χ4v) is 2.01. The molecule has 0 unspecified atom stereocenters. The van der Waals surface area contributed by atoms with Crippen molar-refractivity contribution in [3.63, 3.8) is 0 Å². The summed E-state index contributed by atoms with van der Waals surface area (Å²) in [4.78, 5) is 41.0. The predicted octanol–water partition coefficient (Wildman–Crippen LogP) is 1.29. The number of halogens is 8. The third kappa shape index (κ3) is 2.24. The molecule has 0 saturated carbocycles. The molecule has 0 aromatic rings. The van der Waals surface area contributed by atoms with Crippen molar-refractivity contribution in [2.24, 2.45) is 0 Å². The number of carbonyl (C=O) groups is 4. The van der Waals surface area contributed by atoms with Gasteiger partial charge in [-0.1, -0.05) is 0 Å². The summed E-state index contributed by atoms with van der Waals surface area (Å²) in [5.74, 6) is -22.8. The minimum Gasteiger partial charge on any atom is -0.269 e. The van der Waals surface area contributed by atoms with Gasteiger partial charge in [-0.05, 0) is 0 Å². The molecule has 2 rings (SSSR count). The highest BCUT2D eigenvalue weighted by Gasteiger charge is 2.85. The highest BCUT2D eigenvalue weighted by Crippen LogP contribution is 2.55. The largest absolute Gasteiger partial charge is 0.404 e. The van der Waals surface area contributed by atoms with Crippen molar-refractivity contribution in [1.82, 2.24) is 9.80 Å². The smallest absolute Gasteiger partial charge is 0.269 e. The fraction of sp³-hybridized carbons (Fsp3) is 0.333. The lowest BCUT2D eigenvalue weighted by atomic mass is 10.1. The van der Waals surface area contributed by atoms with E-state index in [1.54, 1.807) is 0 Å². The molecule has 2 aliphatic rings. The van der Waals surface area contributed by atoms with Crippen molar-refractivity contribution in [2.45, 2.75) is 23.9 Å². The minimum absolute atomic E-state index is 0.0278. The maximum Gasteiger partial charge on any atom is 0.404 e. The fourth-order valence-electron chi connectivity index (χ4n) is 2.01. The molecular formula is C12H4F8N2O4. The summed E-state index contributed by atoms with van der Waals surface area (Å²) in [5.41, 5.74) is 0. The van der Waals surface area contributed by atoms with Gasteiger partial charge in [0.1, 0.15) is 0 Å². The van der Waals surface area contributed by atoms with Crippen LogP contribution in [0.15, 0.2) is 24.3 Å². The molecule has 0 radical (unpaired) electrons. The van der Waals surface area contributed by atoms with Crippen LogP contribution in [-0.2, 0) is 19.2 Å². The highest BCUT2D eigenvalue weighted by molar-refractivity contribution is 6.14. The van der Waals surface area contributed by atoms with Gasteiger partial charge in [0.05, 0.1) is 0 Å². The van der Waals surface area contributed by atoms with E-state index in [-0.39, 0.29) is 24.3 Å². The Balaban J connectivity index is 2.52. The van der Waals surface area contributed by atoms with Crippen LogP contribution in [0, 0.1) is 0 Å². The molecule has 14 heteroatoms. The van der Waals surface area contributed by atoms with E-state index >= 15 is 0 Å². The third-order valence-electron chi connectivity index (χ3n) is 3.33. The molecule has 26 heavy (non-hydrogen) atoms. The summed E-state index contributed by atoms with van der Waals surface area (Å²) in [6.07, 6.45) is 0.111. The van der Waals surface area contributed by atoms with Gasteiger partial charge in [-0.25, -0.2) is 9.80 Å². The molecule has 0 aliphatic carbocycles. The van der Waals surface area contributed by atoms with Crippen molar-refractivity contribution in [3.8, 4) is 0 Å². The van der Waals surface area contributed by atoms with Gasteiger partial charge in [0.2, 0.25) is 0 Å². The number of hydrogen-bond acceptors (Lipinski definition) is 4. The lowest BCUT2D eigenvalue weighted by molar-refractivity contribution is -0.402. The Hall–Kier alpha value is -2.80. The van der Waals surface area contributed by atoms with Crippen LogP contribution in [0.25, 0.3) is 0 Å². The second kappa shape index (κ2) is 5.35. The van der Waals surface area contributed by atoms with Gasteiger partial charge in [0.15, 0.2) is 0 Å². The van der Waals surface area contributed by atoms with Crippen LogP contribution in [0.2, 0.25) is 0 Å². The Morgan fingerprint density at radius 2 is 0.692 bits per heavy atom. The summed E-state index contributed by atoms with van der Waals surface area (Å²) < 4.78 is 110. The first-order valence-corrected chi connectivity index (χ1v) is 6.24. The van der Waals surface area contributed by atoms with E-state index in [0.29, 0.717) is 0 Å². The second-order valence-electron chi connectivity index (χ2n) is 4.92. The van der Waals surface area contributed by atoms with E-state index in [4.69, 9.17) is 0 Å². The maximum absolute atomic E-state index is 13.8. The average molecular weight is 392 g/mol. The van der Waals surface area contributed by atoms with Crippen LogP contribution < -0.4 is 0 Å². The van der Waals surface area contributed by atoms with E-state index in [0.717, 1.165) is 0 Å². The zero-order valence-corrected chi connectivity index (χ0v) is 11.9. The van der Waals surface area contributed by atoms with Crippen LogP contribution in [0.5, 0.6) is 0 Å². The molecule has 2 heterocycles. The lowest BCUT2D eigenvalue weighted by Gasteiger charge is -2.40. The lowest BCUT2D eigenvalue weighted by Crippen LogP contribution is -2.71. The molecule has 0 fully saturated rings. The summed E-state index contributed by atoms with van der Waals surface area (Å²) in [5, 5.41) is 0. The number of alkyl halides is 8. The average Bonchev–Trinajstić information content (AvgIpc) is 3.00. The van der Waals surface area contributed by atoms with Crippen molar-refractivity contribution in [3.05, 3.63) is 24.3 Å². The zero-order valence-electron chi connectivity index (χ0n) is 11.9. The number of amides is 4.